The Balaban J connectivity index is 1.15. The quantitative estimate of drug-likeness (QED) is 0.163. The number of pyridine rings is 2. The van der Waals surface area contributed by atoms with Crippen molar-refractivity contribution in [2.45, 2.75) is 0 Å². The predicted octanol–water partition coefficient (Wildman–Crippen LogP) is 13.9. The molecular weight excluding hydrogens is 653 g/mol. The van der Waals surface area contributed by atoms with Crippen molar-refractivity contribution in [1.29, 1.82) is 0 Å². The molecule has 10 aromatic rings. The summed E-state index contributed by atoms with van der Waals surface area (Å²) in [5, 5.41) is 7.69. The molecule has 252 valence electrons. The summed E-state index contributed by atoms with van der Waals surface area (Å²) in [5.74, 6) is 0. The number of rotatable bonds is 6. The first-order chi connectivity index (χ1) is 26.8. The molecule has 0 aliphatic heterocycles. The smallest absolute Gasteiger partial charge is 0.0346 e. The number of fused-ring (bicyclic) bond motifs is 6. The number of hydrogen-bond donors (Lipinski definition) is 0. The highest BCUT2D eigenvalue weighted by molar-refractivity contribution is 6.25. The molecule has 0 saturated carbocycles. The van der Waals surface area contributed by atoms with Gasteiger partial charge in [-0.05, 0) is 124 Å². The molecule has 0 fully saturated rings. The van der Waals surface area contributed by atoms with Crippen molar-refractivity contribution < 1.29 is 0 Å². The second kappa shape index (κ2) is 13.4. The van der Waals surface area contributed by atoms with E-state index in [-0.39, 0.29) is 0 Å². The third-order valence-electron chi connectivity index (χ3n) is 10.7. The maximum Gasteiger partial charge on any atom is 0.0346 e. The molecular formula is C52H34N2. The van der Waals surface area contributed by atoms with Crippen LogP contribution in [0.5, 0.6) is 0 Å². The predicted molar refractivity (Wildman–Crippen MR) is 227 cm³/mol. The van der Waals surface area contributed by atoms with Crippen LogP contribution in [0.2, 0.25) is 0 Å². The molecule has 54 heavy (non-hydrogen) atoms. The van der Waals surface area contributed by atoms with Gasteiger partial charge in [0.1, 0.15) is 0 Å². The number of hydrogen-bond acceptors (Lipinski definition) is 2. The van der Waals surface area contributed by atoms with Crippen LogP contribution in [-0.2, 0) is 0 Å². The van der Waals surface area contributed by atoms with E-state index in [1.165, 1.54) is 71.3 Å². The molecule has 2 heteroatoms. The molecule has 2 aromatic heterocycles. The summed E-state index contributed by atoms with van der Waals surface area (Å²) in [6.07, 6.45) is 7.51. The van der Waals surface area contributed by atoms with Gasteiger partial charge in [-0.2, -0.15) is 0 Å². The lowest BCUT2D eigenvalue weighted by Crippen LogP contribution is -1.92. The Morgan fingerprint density at radius 2 is 0.593 bits per heavy atom. The van der Waals surface area contributed by atoms with Crippen LogP contribution in [0, 0.1) is 0 Å². The minimum absolute atomic E-state index is 1.08. The Morgan fingerprint density at radius 1 is 0.222 bits per heavy atom. The molecule has 0 bridgehead atoms. The summed E-state index contributed by atoms with van der Waals surface area (Å²) in [5.41, 5.74) is 13.9. The number of benzene rings is 8. The summed E-state index contributed by atoms with van der Waals surface area (Å²) in [6.45, 7) is 0. The zero-order valence-electron chi connectivity index (χ0n) is 29.5. The Labute approximate surface area is 314 Å². The molecule has 2 heterocycles. The zero-order chi connectivity index (χ0) is 35.8. The molecule has 0 aliphatic rings. The van der Waals surface area contributed by atoms with E-state index >= 15 is 0 Å². The highest BCUT2D eigenvalue weighted by Gasteiger charge is 2.18. The van der Waals surface area contributed by atoms with Crippen molar-refractivity contribution >= 4 is 32.3 Å². The highest BCUT2D eigenvalue weighted by atomic mass is 14.6. The van der Waals surface area contributed by atoms with Gasteiger partial charge in [0.05, 0.1) is 0 Å². The molecule has 0 saturated heterocycles. The van der Waals surface area contributed by atoms with E-state index in [4.69, 9.17) is 0 Å². The molecule has 0 unspecified atom stereocenters. The Morgan fingerprint density at radius 3 is 1.06 bits per heavy atom. The monoisotopic (exact) mass is 686 g/mol. The van der Waals surface area contributed by atoms with Gasteiger partial charge in [0, 0.05) is 35.9 Å². The largest absolute Gasteiger partial charge is 0.264 e. The minimum Gasteiger partial charge on any atom is -0.264 e. The lowest BCUT2D eigenvalue weighted by atomic mass is 9.85. The molecule has 0 N–H and O–H groups in total. The Hall–Kier alpha value is -7.16. The normalized spacial score (nSPS) is 11.3. The van der Waals surface area contributed by atoms with Crippen LogP contribution in [-0.4, -0.2) is 9.97 Å². The summed E-state index contributed by atoms with van der Waals surface area (Å²) >= 11 is 0. The fraction of sp³-hybridized carbons (Fsp3) is 0. The van der Waals surface area contributed by atoms with Gasteiger partial charge in [-0.25, -0.2) is 0 Å². The van der Waals surface area contributed by atoms with Gasteiger partial charge in [0.25, 0.3) is 0 Å². The molecule has 0 aliphatic carbocycles. The van der Waals surface area contributed by atoms with Gasteiger partial charge in [-0.3, -0.25) is 9.97 Å². The van der Waals surface area contributed by atoms with E-state index < -0.39 is 0 Å². The van der Waals surface area contributed by atoms with Crippen LogP contribution < -0.4 is 0 Å². The van der Waals surface area contributed by atoms with Crippen LogP contribution >= 0.6 is 0 Å². The first-order valence-corrected chi connectivity index (χ1v) is 18.4. The number of nitrogens with zero attached hydrogens (tertiary/aromatic N) is 2. The van der Waals surface area contributed by atoms with Crippen molar-refractivity contribution in [3.05, 3.63) is 207 Å². The van der Waals surface area contributed by atoms with Crippen molar-refractivity contribution in [2.24, 2.45) is 0 Å². The standard InChI is InChI=1S/C52H34N2/c1-3-17-43(41(15-1)35-25-26-51-49-23-8-7-21-47(49)48-22-9-10-24-50(48)52(51)32-35)45-19-5-6-20-46(45)44-18-4-2-16-42(44)40-30-38(36-13-11-27-53-33-36)29-39(31-40)37-14-12-28-54-34-37/h1-34H. The maximum atomic E-state index is 4.44. The topological polar surface area (TPSA) is 25.8 Å². The van der Waals surface area contributed by atoms with Crippen molar-refractivity contribution in [3.8, 4) is 66.8 Å². The molecule has 0 atom stereocenters. The Bertz CT molecular complexity index is 2890. The van der Waals surface area contributed by atoms with E-state index in [1.807, 2.05) is 36.9 Å². The van der Waals surface area contributed by atoms with Crippen molar-refractivity contribution in [1.82, 2.24) is 9.97 Å². The van der Waals surface area contributed by atoms with Crippen LogP contribution in [0.4, 0.5) is 0 Å². The second-order valence-corrected chi connectivity index (χ2v) is 13.8. The first-order valence-electron chi connectivity index (χ1n) is 18.4. The van der Waals surface area contributed by atoms with Crippen LogP contribution in [0.15, 0.2) is 207 Å². The SMILES string of the molecule is c1cncc(-c2cc(-c3cccnc3)cc(-c3ccccc3-c3ccccc3-c3ccccc3-c3ccc4c5ccccc5c5ccccc5c4c3)c2)c1. The van der Waals surface area contributed by atoms with Gasteiger partial charge >= 0.3 is 0 Å². The zero-order valence-corrected chi connectivity index (χ0v) is 29.5. The van der Waals surface area contributed by atoms with Gasteiger partial charge in [0.15, 0.2) is 0 Å². The molecule has 8 aromatic carbocycles. The molecule has 0 amide bonds. The molecule has 0 radical (unpaired) electrons. The van der Waals surface area contributed by atoms with E-state index in [0.717, 1.165) is 27.8 Å². The molecule has 10 rings (SSSR count). The lowest BCUT2D eigenvalue weighted by Gasteiger charge is -2.19. The van der Waals surface area contributed by atoms with Crippen LogP contribution in [0.3, 0.4) is 0 Å². The third-order valence-corrected chi connectivity index (χ3v) is 10.7. The van der Waals surface area contributed by atoms with Gasteiger partial charge in [-0.1, -0.05) is 146 Å². The fourth-order valence-corrected chi connectivity index (χ4v) is 8.15. The Kier molecular flexibility index (Phi) is 7.85. The molecule has 2 nitrogen and oxygen atoms in total. The lowest BCUT2D eigenvalue weighted by molar-refractivity contribution is 1.32. The summed E-state index contributed by atoms with van der Waals surface area (Å²) in [7, 11) is 0. The van der Waals surface area contributed by atoms with Gasteiger partial charge < -0.3 is 0 Å². The van der Waals surface area contributed by atoms with E-state index in [2.05, 4.69) is 180 Å². The van der Waals surface area contributed by atoms with Crippen LogP contribution in [0.1, 0.15) is 0 Å². The van der Waals surface area contributed by atoms with Gasteiger partial charge in [0.2, 0.25) is 0 Å². The maximum absolute atomic E-state index is 4.44. The second-order valence-electron chi connectivity index (χ2n) is 13.8. The molecule has 0 spiro atoms. The summed E-state index contributed by atoms with van der Waals surface area (Å²) in [6, 6.07) is 66.1. The van der Waals surface area contributed by atoms with E-state index in [9.17, 15) is 0 Å². The van der Waals surface area contributed by atoms with Crippen molar-refractivity contribution in [2.75, 3.05) is 0 Å². The average molecular weight is 687 g/mol. The number of aromatic nitrogens is 2. The van der Waals surface area contributed by atoms with Crippen LogP contribution in [0.25, 0.3) is 99.1 Å². The highest BCUT2D eigenvalue weighted by Crippen LogP contribution is 2.44. The fourth-order valence-electron chi connectivity index (χ4n) is 8.15. The summed E-state index contributed by atoms with van der Waals surface area (Å²) < 4.78 is 0. The van der Waals surface area contributed by atoms with Gasteiger partial charge in [-0.15, -0.1) is 0 Å². The van der Waals surface area contributed by atoms with Crippen molar-refractivity contribution in [3.63, 3.8) is 0 Å². The third kappa shape index (κ3) is 5.53. The van der Waals surface area contributed by atoms with E-state index in [1.54, 1.807) is 0 Å². The summed E-state index contributed by atoms with van der Waals surface area (Å²) in [4.78, 5) is 8.88. The average Bonchev–Trinajstić information content (AvgIpc) is 3.27. The first kappa shape index (κ1) is 31.6. The van der Waals surface area contributed by atoms with E-state index in [0.29, 0.717) is 0 Å². The minimum atomic E-state index is 1.08.